The number of thioether (sulfide) groups is 1. The fourth-order valence-electron chi connectivity index (χ4n) is 1.21. The first-order valence-electron chi connectivity index (χ1n) is 5.36. The second-order valence-electron chi connectivity index (χ2n) is 3.93. The summed E-state index contributed by atoms with van der Waals surface area (Å²) in [6.45, 7) is 3.63. The molecule has 0 fully saturated rings. The van der Waals surface area contributed by atoms with Crippen LogP contribution in [0.5, 0.6) is 0 Å². The average molecular weight is 291 g/mol. The van der Waals surface area contributed by atoms with Gasteiger partial charge in [-0.05, 0) is 12.1 Å². The topological polar surface area (TPSA) is 50.2 Å². The van der Waals surface area contributed by atoms with Gasteiger partial charge < -0.3 is 5.11 Å². The lowest BCUT2D eigenvalue weighted by atomic mass is 10.2. The maximum atomic E-state index is 12.6. The largest absolute Gasteiger partial charge is 0.478 e. The van der Waals surface area contributed by atoms with Gasteiger partial charge in [0.1, 0.15) is 10.7 Å². The zero-order valence-electron chi connectivity index (χ0n) is 10.2. The highest BCUT2D eigenvalue weighted by Crippen LogP contribution is 2.32. The Morgan fingerprint density at radius 1 is 1.42 bits per heavy atom. The minimum Gasteiger partial charge on any atom is -0.478 e. The van der Waals surface area contributed by atoms with Gasteiger partial charge in [-0.25, -0.2) is 9.78 Å². The van der Waals surface area contributed by atoms with Crippen LogP contribution in [0.2, 0.25) is 0 Å². The maximum absolute atomic E-state index is 12.6. The van der Waals surface area contributed by atoms with E-state index >= 15 is 0 Å². The molecular weight excluding hydrogens is 279 g/mol. The van der Waals surface area contributed by atoms with E-state index in [1.165, 1.54) is 12.1 Å². The Balaban J connectivity index is 3.20. The van der Waals surface area contributed by atoms with Crippen molar-refractivity contribution < 1.29 is 23.1 Å². The molecule has 0 aliphatic rings. The number of carboxylic acids is 1. The number of hydrogen-bond donors (Lipinski definition) is 1. The summed E-state index contributed by atoms with van der Waals surface area (Å²) in [6, 6.07) is 2.06. The molecule has 19 heavy (non-hydrogen) atoms. The summed E-state index contributed by atoms with van der Waals surface area (Å²) >= 11 is 1.15. The summed E-state index contributed by atoms with van der Waals surface area (Å²) in [5.41, 5.74) is -0.628. The Bertz CT molecular complexity index is 498. The van der Waals surface area contributed by atoms with Crippen molar-refractivity contribution >= 4 is 23.8 Å². The van der Waals surface area contributed by atoms with Gasteiger partial charge in [-0.15, -0.1) is 11.8 Å². The van der Waals surface area contributed by atoms with Gasteiger partial charge in [0.05, 0.1) is 0 Å². The molecule has 1 aromatic rings. The average Bonchev–Trinajstić information content (AvgIpc) is 2.25. The molecular formula is C12H12F3NO2S. The van der Waals surface area contributed by atoms with Crippen LogP contribution in [0.4, 0.5) is 13.2 Å². The van der Waals surface area contributed by atoms with E-state index in [9.17, 15) is 18.0 Å². The molecule has 7 heteroatoms. The molecule has 1 heterocycles. The Morgan fingerprint density at radius 2 is 2.05 bits per heavy atom. The number of rotatable bonds is 4. The molecule has 0 aromatic carbocycles. The molecule has 0 aliphatic carbocycles. The van der Waals surface area contributed by atoms with Crippen molar-refractivity contribution in [2.24, 2.45) is 0 Å². The number of carbonyl (C=O) groups is 1. The van der Waals surface area contributed by atoms with Crippen LogP contribution in [-0.4, -0.2) is 21.3 Å². The summed E-state index contributed by atoms with van der Waals surface area (Å²) < 4.78 is 37.7. The quantitative estimate of drug-likeness (QED) is 0.679. The van der Waals surface area contributed by atoms with Crippen molar-refractivity contribution in [1.82, 2.24) is 4.98 Å². The lowest BCUT2D eigenvalue weighted by Crippen LogP contribution is -2.09. The van der Waals surface area contributed by atoms with Crippen molar-refractivity contribution in [1.29, 1.82) is 0 Å². The summed E-state index contributed by atoms with van der Waals surface area (Å²) in [5.74, 6) is -1.17. The van der Waals surface area contributed by atoms with E-state index in [4.69, 9.17) is 5.11 Å². The number of alkyl halides is 3. The highest BCUT2D eigenvalue weighted by Gasteiger charge is 2.33. The Morgan fingerprint density at radius 3 is 2.53 bits per heavy atom. The van der Waals surface area contributed by atoms with Gasteiger partial charge in [-0.2, -0.15) is 13.2 Å². The summed E-state index contributed by atoms with van der Waals surface area (Å²) in [6.07, 6.45) is -2.41. The van der Waals surface area contributed by atoms with Crippen LogP contribution >= 0.6 is 11.8 Å². The highest BCUT2D eigenvalue weighted by molar-refractivity contribution is 7.99. The molecule has 1 aromatic heterocycles. The molecule has 1 rings (SSSR count). The molecule has 3 nitrogen and oxygen atoms in total. The predicted octanol–water partition coefficient (Wildman–Crippen LogP) is 3.70. The number of pyridine rings is 1. The Kier molecular flexibility index (Phi) is 4.99. The molecule has 0 aliphatic heterocycles. The van der Waals surface area contributed by atoms with E-state index in [0.29, 0.717) is 5.56 Å². The predicted molar refractivity (Wildman–Crippen MR) is 66.9 cm³/mol. The SMILES string of the molecule is CC(C)Sc1nc(C(F)(F)F)ccc1/C=C/C(=O)O. The van der Waals surface area contributed by atoms with Crippen molar-refractivity contribution in [3.05, 3.63) is 29.5 Å². The summed E-state index contributed by atoms with van der Waals surface area (Å²) in [4.78, 5) is 14.0. The normalized spacial score (nSPS) is 12.3. The van der Waals surface area contributed by atoms with E-state index < -0.39 is 17.8 Å². The number of aliphatic carboxylic acids is 1. The van der Waals surface area contributed by atoms with Crippen LogP contribution in [0, 0.1) is 0 Å². The first kappa shape index (κ1) is 15.6. The molecule has 0 atom stereocenters. The zero-order chi connectivity index (χ0) is 14.6. The van der Waals surface area contributed by atoms with E-state index in [1.807, 2.05) is 13.8 Å². The molecule has 0 spiro atoms. The van der Waals surface area contributed by atoms with E-state index in [-0.39, 0.29) is 10.3 Å². The number of aromatic nitrogens is 1. The molecule has 0 radical (unpaired) electrons. The van der Waals surface area contributed by atoms with Gasteiger partial charge in [0.2, 0.25) is 0 Å². The van der Waals surface area contributed by atoms with Gasteiger partial charge >= 0.3 is 12.1 Å². The van der Waals surface area contributed by atoms with Crippen LogP contribution in [0.3, 0.4) is 0 Å². The van der Waals surface area contributed by atoms with Gasteiger partial charge in [0.25, 0.3) is 0 Å². The van der Waals surface area contributed by atoms with Crippen molar-refractivity contribution in [2.75, 3.05) is 0 Å². The van der Waals surface area contributed by atoms with Gasteiger partial charge in [-0.3, -0.25) is 0 Å². The first-order chi connectivity index (χ1) is 8.70. The van der Waals surface area contributed by atoms with Crippen LogP contribution in [0.1, 0.15) is 25.1 Å². The molecule has 0 amide bonds. The van der Waals surface area contributed by atoms with Gasteiger partial charge in [0.15, 0.2) is 0 Å². The fraction of sp³-hybridized carbons (Fsp3) is 0.333. The summed E-state index contributed by atoms with van der Waals surface area (Å²) in [5, 5.41) is 8.74. The lowest BCUT2D eigenvalue weighted by molar-refractivity contribution is -0.141. The number of hydrogen-bond acceptors (Lipinski definition) is 3. The smallest absolute Gasteiger partial charge is 0.433 e. The van der Waals surface area contributed by atoms with Crippen LogP contribution in [0.15, 0.2) is 23.2 Å². The van der Waals surface area contributed by atoms with Crippen LogP contribution < -0.4 is 0 Å². The number of carboxylic acid groups (broad SMARTS) is 1. The third kappa shape index (κ3) is 4.94. The molecule has 0 saturated heterocycles. The van der Waals surface area contributed by atoms with Gasteiger partial charge in [-0.1, -0.05) is 19.9 Å². The first-order valence-corrected chi connectivity index (χ1v) is 6.24. The zero-order valence-corrected chi connectivity index (χ0v) is 11.0. The molecule has 0 bridgehead atoms. The molecule has 0 unspecified atom stereocenters. The minimum atomic E-state index is -4.51. The minimum absolute atomic E-state index is 0.0351. The maximum Gasteiger partial charge on any atom is 0.433 e. The van der Waals surface area contributed by atoms with Crippen molar-refractivity contribution in [2.45, 2.75) is 30.3 Å². The van der Waals surface area contributed by atoms with E-state index in [2.05, 4.69) is 4.98 Å². The Labute approximate surface area is 112 Å². The fourth-order valence-corrected chi connectivity index (χ4v) is 2.08. The third-order valence-electron chi connectivity index (χ3n) is 1.93. The monoisotopic (exact) mass is 291 g/mol. The number of halogens is 3. The van der Waals surface area contributed by atoms with Crippen LogP contribution in [-0.2, 0) is 11.0 Å². The molecule has 0 saturated carbocycles. The van der Waals surface area contributed by atoms with Crippen molar-refractivity contribution in [3.63, 3.8) is 0 Å². The second-order valence-corrected chi connectivity index (χ2v) is 5.49. The lowest BCUT2D eigenvalue weighted by Gasteiger charge is -2.11. The third-order valence-corrected chi connectivity index (χ3v) is 2.95. The van der Waals surface area contributed by atoms with E-state index in [0.717, 1.165) is 23.9 Å². The standard InChI is InChI=1S/C12H12F3NO2S/c1-7(2)19-11-8(4-6-10(17)18)3-5-9(16-11)12(13,14)15/h3-7H,1-2H3,(H,17,18)/b6-4+. The second kappa shape index (κ2) is 6.10. The molecule has 104 valence electrons. The van der Waals surface area contributed by atoms with Gasteiger partial charge in [0, 0.05) is 16.9 Å². The van der Waals surface area contributed by atoms with E-state index in [1.54, 1.807) is 0 Å². The Hall–Kier alpha value is -1.50. The molecule has 1 N–H and O–H groups in total. The summed E-state index contributed by atoms with van der Waals surface area (Å²) in [7, 11) is 0. The highest BCUT2D eigenvalue weighted by atomic mass is 32.2. The van der Waals surface area contributed by atoms with Crippen LogP contribution in [0.25, 0.3) is 6.08 Å². The number of nitrogens with zero attached hydrogens (tertiary/aromatic N) is 1. The van der Waals surface area contributed by atoms with Crippen molar-refractivity contribution in [3.8, 4) is 0 Å².